The van der Waals surface area contributed by atoms with Crippen molar-refractivity contribution in [1.82, 2.24) is 15.6 Å². The SMILES string of the molecule is CCNC(=O)[C@H](C)NC(=O)CCc1ncc(-c2ccc(OC)cc2)o1. The second kappa shape index (κ2) is 8.86. The van der Waals surface area contributed by atoms with Gasteiger partial charge in [-0.1, -0.05) is 0 Å². The number of ether oxygens (including phenoxy) is 1. The van der Waals surface area contributed by atoms with Crippen molar-refractivity contribution in [2.75, 3.05) is 13.7 Å². The summed E-state index contributed by atoms with van der Waals surface area (Å²) in [7, 11) is 1.61. The van der Waals surface area contributed by atoms with E-state index in [2.05, 4.69) is 15.6 Å². The van der Waals surface area contributed by atoms with Crippen LogP contribution in [0.25, 0.3) is 11.3 Å². The van der Waals surface area contributed by atoms with Crippen molar-refractivity contribution >= 4 is 11.8 Å². The molecule has 0 bridgehead atoms. The number of aromatic nitrogens is 1. The molecule has 0 spiro atoms. The van der Waals surface area contributed by atoms with Gasteiger partial charge in [0.1, 0.15) is 11.8 Å². The maximum absolute atomic E-state index is 11.9. The van der Waals surface area contributed by atoms with Crippen LogP contribution < -0.4 is 15.4 Å². The Hall–Kier alpha value is -2.83. The number of hydrogen-bond acceptors (Lipinski definition) is 5. The molecule has 0 fully saturated rings. The van der Waals surface area contributed by atoms with Crippen LogP contribution in [0.1, 0.15) is 26.2 Å². The summed E-state index contributed by atoms with van der Waals surface area (Å²) in [5.74, 6) is 1.46. The number of hydrogen-bond donors (Lipinski definition) is 2. The molecular formula is C18H23N3O4. The van der Waals surface area contributed by atoms with Crippen LogP contribution in [-0.2, 0) is 16.0 Å². The van der Waals surface area contributed by atoms with Crippen LogP contribution in [0, 0.1) is 0 Å². The third-order valence-electron chi connectivity index (χ3n) is 3.62. The third-order valence-corrected chi connectivity index (χ3v) is 3.62. The normalized spacial score (nSPS) is 11.6. The molecule has 0 saturated carbocycles. The van der Waals surface area contributed by atoms with E-state index in [1.54, 1.807) is 20.2 Å². The molecule has 134 valence electrons. The number of carbonyl (C=O) groups is 2. The van der Waals surface area contributed by atoms with Crippen LogP contribution in [0.2, 0.25) is 0 Å². The zero-order chi connectivity index (χ0) is 18.2. The first-order chi connectivity index (χ1) is 12.0. The average Bonchev–Trinajstić information content (AvgIpc) is 3.09. The molecule has 2 N–H and O–H groups in total. The molecule has 0 radical (unpaired) electrons. The Morgan fingerprint density at radius 1 is 1.28 bits per heavy atom. The number of aryl methyl sites for hydroxylation is 1. The van der Waals surface area contributed by atoms with Gasteiger partial charge in [0.2, 0.25) is 11.8 Å². The maximum Gasteiger partial charge on any atom is 0.242 e. The molecule has 2 amide bonds. The molecule has 2 aromatic rings. The summed E-state index contributed by atoms with van der Waals surface area (Å²) in [6.07, 6.45) is 2.20. The van der Waals surface area contributed by atoms with E-state index in [1.807, 2.05) is 31.2 Å². The Morgan fingerprint density at radius 2 is 2.00 bits per heavy atom. The minimum absolute atomic E-state index is 0.200. The lowest BCUT2D eigenvalue weighted by Gasteiger charge is -2.12. The molecule has 1 aromatic heterocycles. The second-order valence-electron chi connectivity index (χ2n) is 5.53. The van der Waals surface area contributed by atoms with E-state index < -0.39 is 6.04 Å². The Bertz CT molecular complexity index is 709. The van der Waals surface area contributed by atoms with Gasteiger partial charge in [0.15, 0.2) is 11.7 Å². The first-order valence-corrected chi connectivity index (χ1v) is 8.19. The van der Waals surface area contributed by atoms with E-state index in [9.17, 15) is 9.59 Å². The fourth-order valence-electron chi connectivity index (χ4n) is 2.24. The number of nitrogens with one attached hydrogen (secondary N) is 2. The van der Waals surface area contributed by atoms with Gasteiger partial charge < -0.3 is 19.8 Å². The molecule has 0 aliphatic rings. The Labute approximate surface area is 146 Å². The Balaban J connectivity index is 1.86. The molecule has 1 atom stereocenters. The summed E-state index contributed by atoms with van der Waals surface area (Å²) in [6, 6.07) is 6.88. The summed E-state index contributed by atoms with van der Waals surface area (Å²) in [5.41, 5.74) is 0.883. The zero-order valence-electron chi connectivity index (χ0n) is 14.7. The van der Waals surface area contributed by atoms with Crippen LogP contribution in [0.3, 0.4) is 0 Å². The molecule has 1 aromatic carbocycles. The van der Waals surface area contributed by atoms with Crippen molar-refractivity contribution in [1.29, 1.82) is 0 Å². The van der Waals surface area contributed by atoms with Crippen LogP contribution in [0.4, 0.5) is 0 Å². The van der Waals surface area contributed by atoms with Crippen molar-refractivity contribution < 1.29 is 18.7 Å². The van der Waals surface area contributed by atoms with Crippen molar-refractivity contribution in [3.8, 4) is 17.1 Å². The van der Waals surface area contributed by atoms with E-state index >= 15 is 0 Å². The monoisotopic (exact) mass is 345 g/mol. The van der Waals surface area contributed by atoms with Gasteiger partial charge in [0.05, 0.1) is 13.3 Å². The molecule has 0 saturated heterocycles. The lowest BCUT2D eigenvalue weighted by molar-refractivity contribution is -0.128. The number of carbonyl (C=O) groups excluding carboxylic acids is 2. The first-order valence-electron chi connectivity index (χ1n) is 8.19. The molecule has 1 heterocycles. The number of amides is 2. The third kappa shape index (κ3) is 5.34. The van der Waals surface area contributed by atoms with Gasteiger partial charge in [-0.2, -0.15) is 0 Å². The summed E-state index contributed by atoms with van der Waals surface area (Å²) >= 11 is 0. The topological polar surface area (TPSA) is 93.5 Å². The van der Waals surface area contributed by atoms with Crippen LogP contribution in [0.5, 0.6) is 5.75 Å². The highest BCUT2D eigenvalue weighted by molar-refractivity contribution is 5.87. The molecule has 7 heteroatoms. The van der Waals surface area contributed by atoms with Gasteiger partial charge in [-0.3, -0.25) is 9.59 Å². The highest BCUT2D eigenvalue weighted by Crippen LogP contribution is 2.23. The van der Waals surface area contributed by atoms with E-state index in [1.165, 1.54) is 0 Å². The number of rotatable bonds is 8. The number of methoxy groups -OCH3 is 1. The number of nitrogens with zero attached hydrogens (tertiary/aromatic N) is 1. The highest BCUT2D eigenvalue weighted by atomic mass is 16.5. The average molecular weight is 345 g/mol. The highest BCUT2D eigenvalue weighted by Gasteiger charge is 2.15. The van der Waals surface area contributed by atoms with Gasteiger partial charge in [-0.25, -0.2) is 4.98 Å². The van der Waals surface area contributed by atoms with Gasteiger partial charge in [-0.15, -0.1) is 0 Å². The maximum atomic E-state index is 11.9. The number of benzene rings is 1. The quantitative estimate of drug-likeness (QED) is 0.762. The number of oxazole rings is 1. The predicted molar refractivity (Wildman–Crippen MR) is 93.1 cm³/mol. The first kappa shape index (κ1) is 18.5. The molecule has 0 unspecified atom stereocenters. The van der Waals surface area contributed by atoms with Gasteiger partial charge in [0, 0.05) is 24.9 Å². The van der Waals surface area contributed by atoms with E-state index in [-0.39, 0.29) is 18.2 Å². The van der Waals surface area contributed by atoms with Crippen molar-refractivity contribution in [2.45, 2.75) is 32.7 Å². The summed E-state index contributed by atoms with van der Waals surface area (Å²) in [5, 5.41) is 5.31. The lowest BCUT2D eigenvalue weighted by atomic mass is 10.2. The molecule has 0 aliphatic carbocycles. The minimum atomic E-state index is -0.563. The fraction of sp³-hybridized carbons (Fsp3) is 0.389. The van der Waals surface area contributed by atoms with E-state index in [0.29, 0.717) is 24.6 Å². The molecule has 2 rings (SSSR count). The minimum Gasteiger partial charge on any atom is -0.497 e. The van der Waals surface area contributed by atoms with Crippen LogP contribution >= 0.6 is 0 Å². The Kier molecular flexibility index (Phi) is 6.56. The van der Waals surface area contributed by atoms with Gasteiger partial charge in [0.25, 0.3) is 0 Å². The standard InChI is InChI=1S/C18H23N3O4/c1-4-19-18(23)12(2)21-16(22)9-10-17-20-11-15(25-17)13-5-7-14(24-3)8-6-13/h5-8,11-12H,4,9-10H2,1-3H3,(H,19,23)(H,21,22)/t12-/m0/s1. The van der Waals surface area contributed by atoms with Gasteiger partial charge in [-0.05, 0) is 38.1 Å². The second-order valence-corrected chi connectivity index (χ2v) is 5.53. The summed E-state index contributed by atoms with van der Waals surface area (Å²) in [6.45, 7) is 4.01. The molecular weight excluding hydrogens is 322 g/mol. The molecule has 25 heavy (non-hydrogen) atoms. The fourth-order valence-corrected chi connectivity index (χ4v) is 2.24. The smallest absolute Gasteiger partial charge is 0.242 e. The Morgan fingerprint density at radius 3 is 2.64 bits per heavy atom. The van der Waals surface area contributed by atoms with E-state index in [0.717, 1.165) is 11.3 Å². The van der Waals surface area contributed by atoms with Crippen molar-refractivity contribution in [2.24, 2.45) is 0 Å². The zero-order valence-corrected chi connectivity index (χ0v) is 14.7. The summed E-state index contributed by atoms with van der Waals surface area (Å²) in [4.78, 5) is 27.7. The van der Waals surface area contributed by atoms with Crippen LogP contribution in [-0.4, -0.2) is 36.5 Å². The predicted octanol–water partition coefficient (Wildman–Crippen LogP) is 1.92. The lowest BCUT2D eigenvalue weighted by Crippen LogP contribution is -2.44. The van der Waals surface area contributed by atoms with E-state index in [4.69, 9.17) is 9.15 Å². The molecule has 0 aliphatic heterocycles. The molecule has 7 nitrogen and oxygen atoms in total. The summed E-state index contributed by atoms with van der Waals surface area (Å²) < 4.78 is 10.8. The largest absolute Gasteiger partial charge is 0.497 e. The van der Waals surface area contributed by atoms with Gasteiger partial charge >= 0.3 is 0 Å². The van der Waals surface area contributed by atoms with Crippen molar-refractivity contribution in [3.05, 3.63) is 36.4 Å². The van der Waals surface area contributed by atoms with Crippen LogP contribution in [0.15, 0.2) is 34.9 Å². The van der Waals surface area contributed by atoms with Crippen molar-refractivity contribution in [3.63, 3.8) is 0 Å². The number of likely N-dealkylation sites (N-methyl/N-ethyl adjacent to an activating group) is 1.